The van der Waals surface area contributed by atoms with Crippen LogP contribution in [0.2, 0.25) is 0 Å². The van der Waals surface area contributed by atoms with Crippen molar-refractivity contribution < 1.29 is 19.0 Å². The number of ether oxygens (including phenoxy) is 3. The number of methoxy groups -OCH3 is 3. The summed E-state index contributed by atoms with van der Waals surface area (Å²) in [5.41, 5.74) is 3.99. The first-order valence-corrected chi connectivity index (χ1v) is 12.2. The van der Waals surface area contributed by atoms with Gasteiger partial charge in [0.1, 0.15) is 0 Å². The van der Waals surface area contributed by atoms with E-state index in [2.05, 4.69) is 15.3 Å². The first kappa shape index (κ1) is 24.6. The summed E-state index contributed by atoms with van der Waals surface area (Å²) in [6, 6.07) is 20.5. The van der Waals surface area contributed by atoms with E-state index in [-0.39, 0.29) is 17.6 Å². The van der Waals surface area contributed by atoms with E-state index in [1.807, 2.05) is 66.7 Å². The zero-order valence-corrected chi connectivity index (χ0v) is 21.5. The minimum atomic E-state index is -0.512. The Morgan fingerprint density at radius 3 is 2.24 bits per heavy atom. The normalized spacial score (nSPS) is 17.0. The number of para-hydroxylation sites is 2. The highest BCUT2D eigenvalue weighted by Crippen LogP contribution is 2.46. The lowest BCUT2D eigenvalue weighted by atomic mass is 9.89. The fraction of sp³-hybridized carbons (Fsp3) is 0.250. The minimum absolute atomic E-state index is 0.228. The third kappa shape index (κ3) is 4.72. The molecule has 5 rings (SSSR count). The van der Waals surface area contributed by atoms with E-state index in [4.69, 9.17) is 26.0 Å². The van der Waals surface area contributed by atoms with Gasteiger partial charge in [0.05, 0.1) is 50.0 Å². The highest BCUT2D eigenvalue weighted by Gasteiger charge is 2.38. The van der Waals surface area contributed by atoms with E-state index in [1.165, 1.54) is 7.11 Å². The van der Waals surface area contributed by atoms with Crippen LogP contribution in [0.5, 0.6) is 17.4 Å². The van der Waals surface area contributed by atoms with Crippen LogP contribution in [0.4, 0.5) is 11.5 Å². The second-order valence-electron chi connectivity index (χ2n) is 8.71. The summed E-state index contributed by atoms with van der Waals surface area (Å²) in [5, 5.41) is 2.97. The Hall–Kier alpha value is -4.04. The molecule has 0 fully saturated rings. The van der Waals surface area contributed by atoms with Crippen molar-refractivity contribution in [1.82, 2.24) is 9.97 Å². The molecule has 1 amide bonds. The standard InChI is InChI=1S/C28H27ClN4O4/c1-35-23-15-18-13-14-19(25(17-9-5-4-6-10-17)33(29)22(18)16-24(23)36-2)27(34)32-26-28(37-3)31-21-12-8-7-11-20(21)30-26/h4-12,15-16,19,25H,13-14H2,1-3H3,(H,30,32,34). The third-order valence-corrected chi connectivity index (χ3v) is 7.01. The summed E-state index contributed by atoms with van der Waals surface area (Å²) in [6.07, 6.45) is 1.15. The van der Waals surface area contributed by atoms with Gasteiger partial charge in [-0.05, 0) is 42.2 Å². The Kier molecular flexibility index (Phi) is 7.01. The van der Waals surface area contributed by atoms with Crippen LogP contribution in [0, 0.1) is 5.92 Å². The van der Waals surface area contributed by atoms with Crippen molar-refractivity contribution in [2.75, 3.05) is 31.1 Å². The molecule has 8 nitrogen and oxygen atoms in total. The molecule has 190 valence electrons. The number of carbonyl (C=O) groups is 1. The molecule has 2 unspecified atom stereocenters. The van der Waals surface area contributed by atoms with E-state index in [1.54, 1.807) is 18.6 Å². The molecule has 2 atom stereocenters. The van der Waals surface area contributed by atoms with Crippen LogP contribution in [-0.4, -0.2) is 37.2 Å². The first-order chi connectivity index (χ1) is 18.0. The Morgan fingerprint density at radius 2 is 1.57 bits per heavy atom. The molecule has 0 aliphatic carbocycles. The number of hydrogen-bond donors (Lipinski definition) is 1. The number of hydrogen-bond acceptors (Lipinski definition) is 7. The van der Waals surface area contributed by atoms with Gasteiger partial charge in [0.15, 0.2) is 17.3 Å². The molecule has 37 heavy (non-hydrogen) atoms. The molecule has 0 saturated carbocycles. The number of halogens is 1. The summed E-state index contributed by atoms with van der Waals surface area (Å²) in [6.45, 7) is 0. The minimum Gasteiger partial charge on any atom is -0.493 e. The highest BCUT2D eigenvalue weighted by atomic mass is 35.5. The van der Waals surface area contributed by atoms with Crippen LogP contribution >= 0.6 is 11.8 Å². The Bertz CT molecular complexity index is 1430. The number of fused-ring (bicyclic) bond motifs is 2. The second kappa shape index (κ2) is 10.5. The quantitative estimate of drug-likeness (QED) is 0.334. The zero-order valence-electron chi connectivity index (χ0n) is 20.8. The molecule has 3 aromatic carbocycles. The molecule has 9 heteroatoms. The average Bonchev–Trinajstić information content (AvgIpc) is 3.08. The van der Waals surface area contributed by atoms with E-state index in [9.17, 15) is 4.79 Å². The van der Waals surface area contributed by atoms with Crippen LogP contribution < -0.4 is 23.9 Å². The van der Waals surface area contributed by atoms with Gasteiger partial charge in [-0.15, -0.1) is 0 Å². The lowest BCUT2D eigenvalue weighted by Gasteiger charge is -2.32. The van der Waals surface area contributed by atoms with E-state index >= 15 is 0 Å². The molecule has 1 aromatic heterocycles. The molecule has 1 aliphatic rings. The molecular formula is C28H27ClN4O4. The monoisotopic (exact) mass is 518 g/mol. The molecule has 4 aromatic rings. The van der Waals surface area contributed by atoms with Gasteiger partial charge in [-0.2, -0.15) is 0 Å². The van der Waals surface area contributed by atoms with Gasteiger partial charge in [0.25, 0.3) is 5.88 Å². The Morgan fingerprint density at radius 1 is 0.919 bits per heavy atom. The fourth-order valence-corrected chi connectivity index (χ4v) is 5.20. The molecule has 0 spiro atoms. The largest absolute Gasteiger partial charge is 0.493 e. The SMILES string of the molecule is COc1cc2c(cc1OC)N(Cl)C(c1ccccc1)C(C(=O)Nc1nc3ccccc3nc1OC)CC2. The summed E-state index contributed by atoms with van der Waals surface area (Å²) in [4.78, 5) is 23.0. The zero-order chi connectivity index (χ0) is 25.9. The van der Waals surface area contributed by atoms with Crippen molar-refractivity contribution in [1.29, 1.82) is 0 Å². The average molecular weight is 519 g/mol. The summed E-state index contributed by atoms with van der Waals surface area (Å²) in [5.74, 6) is 0.956. The Labute approximate surface area is 220 Å². The smallest absolute Gasteiger partial charge is 0.258 e. The van der Waals surface area contributed by atoms with Crippen molar-refractivity contribution in [3.63, 3.8) is 0 Å². The van der Waals surface area contributed by atoms with Gasteiger partial charge in [-0.25, -0.2) is 9.97 Å². The summed E-state index contributed by atoms with van der Waals surface area (Å²) >= 11 is 7.06. The number of carbonyl (C=O) groups excluding carboxylic acids is 1. The molecular weight excluding hydrogens is 492 g/mol. The van der Waals surface area contributed by atoms with Crippen LogP contribution in [0.15, 0.2) is 66.7 Å². The Balaban J connectivity index is 1.55. The third-order valence-electron chi connectivity index (χ3n) is 6.62. The number of aryl methyl sites for hydroxylation is 1. The molecule has 1 aliphatic heterocycles. The van der Waals surface area contributed by atoms with Gasteiger partial charge in [-0.3, -0.25) is 9.21 Å². The number of nitrogens with zero attached hydrogens (tertiary/aromatic N) is 3. The lowest BCUT2D eigenvalue weighted by molar-refractivity contribution is -0.120. The number of anilines is 2. The molecule has 0 saturated heterocycles. The van der Waals surface area contributed by atoms with Crippen LogP contribution in [0.25, 0.3) is 11.0 Å². The second-order valence-corrected chi connectivity index (χ2v) is 9.07. The van der Waals surface area contributed by atoms with E-state index in [0.717, 1.165) is 16.8 Å². The summed E-state index contributed by atoms with van der Waals surface area (Å²) in [7, 11) is 4.69. The molecule has 2 heterocycles. The van der Waals surface area contributed by atoms with Crippen molar-refractivity contribution in [2.24, 2.45) is 5.92 Å². The highest BCUT2D eigenvalue weighted by molar-refractivity contribution is 6.26. The number of aromatic nitrogens is 2. The predicted molar refractivity (Wildman–Crippen MR) is 144 cm³/mol. The number of benzene rings is 3. The molecule has 0 radical (unpaired) electrons. The summed E-state index contributed by atoms with van der Waals surface area (Å²) < 4.78 is 18.1. The van der Waals surface area contributed by atoms with Crippen LogP contribution in [-0.2, 0) is 11.2 Å². The fourth-order valence-electron chi connectivity index (χ4n) is 4.79. The number of nitrogens with one attached hydrogen (secondary N) is 1. The van der Waals surface area contributed by atoms with Crippen molar-refractivity contribution in [2.45, 2.75) is 18.9 Å². The maximum absolute atomic E-state index is 13.9. The number of amides is 1. The van der Waals surface area contributed by atoms with E-state index < -0.39 is 12.0 Å². The predicted octanol–water partition coefficient (Wildman–Crippen LogP) is 5.56. The maximum Gasteiger partial charge on any atom is 0.258 e. The topological polar surface area (TPSA) is 85.8 Å². The molecule has 0 bridgehead atoms. The maximum atomic E-state index is 13.9. The first-order valence-electron chi connectivity index (χ1n) is 11.9. The van der Waals surface area contributed by atoms with Crippen LogP contribution in [0.1, 0.15) is 23.6 Å². The number of rotatable bonds is 6. The van der Waals surface area contributed by atoms with Gasteiger partial charge in [0.2, 0.25) is 5.91 Å². The van der Waals surface area contributed by atoms with Gasteiger partial charge < -0.3 is 19.5 Å². The van der Waals surface area contributed by atoms with Crippen molar-refractivity contribution in [3.8, 4) is 17.4 Å². The van der Waals surface area contributed by atoms with Gasteiger partial charge in [0, 0.05) is 17.8 Å². The van der Waals surface area contributed by atoms with Crippen LogP contribution in [0.3, 0.4) is 0 Å². The van der Waals surface area contributed by atoms with E-state index in [0.29, 0.717) is 35.4 Å². The van der Waals surface area contributed by atoms with Crippen molar-refractivity contribution in [3.05, 3.63) is 77.9 Å². The van der Waals surface area contributed by atoms with Gasteiger partial charge in [-0.1, -0.05) is 42.5 Å². The van der Waals surface area contributed by atoms with Gasteiger partial charge >= 0.3 is 0 Å². The van der Waals surface area contributed by atoms with Crippen molar-refractivity contribution >= 4 is 40.2 Å². The molecule has 1 N–H and O–H groups in total. The lowest BCUT2D eigenvalue weighted by Crippen LogP contribution is -2.34.